The van der Waals surface area contributed by atoms with Gasteiger partial charge in [0.25, 0.3) is 0 Å². The number of aldehydes is 1. The van der Waals surface area contributed by atoms with E-state index < -0.39 is 11.7 Å². The average Bonchev–Trinajstić information content (AvgIpc) is 2.47. The molecule has 0 spiro atoms. The fourth-order valence-corrected chi connectivity index (χ4v) is 1.81. The van der Waals surface area contributed by atoms with Gasteiger partial charge in [0.15, 0.2) is 0 Å². The zero-order chi connectivity index (χ0) is 16.4. The Hall–Kier alpha value is -2.63. The van der Waals surface area contributed by atoms with Crippen molar-refractivity contribution in [2.75, 3.05) is 0 Å². The Morgan fingerprint density at radius 3 is 2.77 bits per heavy atom. The summed E-state index contributed by atoms with van der Waals surface area (Å²) in [5, 5.41) is 2.45. The van der Waals surface area contributed by atoms with Crippen LogP contribution in [0.4, 0.5) is 8.78 Å². The minimum Gasteiger partial charge on any atom is -0.353 e. The molecule has 1 heterocycles. The predicted octanol–water partition coefficient (Wildman–Crippen LogP) is 2.50. The molecule has 0 bridgehead atoms. The predicted molar refractivity (Wildman–Crippen MR) is 79.2 cm³/mol. The molecule has 0 aliphatic rings. The quantitative estimate of drug-likeness (QED) is 0.563. The molecule has 0 aliphatic heterocycles. The van der Waals surface area contributed by atoms with Gasteiger partial charge in [0.1, 0.15) is 17.9 Å². The summed E-state index contributed by atoms with van der Waals surface area (Å²) in [7, 11) is 0. The van der Waals surface area contributed by atoms with Crippen molar-refractivity contribution in [1.29, 1.82) is 0 Å². The van der Waals surface area contributed by atoms with Crippen LogP contribution in [0.2, 0.25) is 0 Å². The van der Waals surface area contributed by atoms with E-state index in [0.29, 0.717) is 29.5 Å². The second kappa shape index (κ2) is 9.33. The number of halogens is 2. The van der Waals surface area contributed by atoms with E-state index >= 15 is 0 Å². The lowest BCUT2D eigenvalue weighted by molar-refractivity contribution is -0.109. The average molecular weight is 306 g/mol. The van der Waals surface area contributed by atoms with Gasteiger partial charge in [-0.05, 0) is 17.2 Å². The molecular formula is C16H16F2N2O2. The highest BCUT2D eigenvalue weighted by Gasteiger charge is 2.07. The molecule has 22 heavy (non-hydrogen) atoms. The van der Waals surface area contributed by atoms with Gasteiger partial charge in [0, 0.05) is 25.1 Å². The lowest BCUT2D eigenvalue weighted by atomic mass is 10.1. The summed E-state index contributed by atoms with van der Waals surface area (Å²) in [6, 6.07) is 1.62. The lowest BCUT2D eigenvalue weighted by Gasteiger charge is -2.08. The van der Waals surface area contributed by atoms with Crippen molar-refractivity contribution in [3.8, 4) is 0 Å². The normalized spacial score (nSPS) is 11.9. The first-order valence-electron chi connectivity index (χ1n) is 6.52. The van der Waals surface area contributed by atoms with Crippen LogP contribution < -0.4 is 5.32 Å². The molecule has 116 valence electrons. The van der Waals surface area contributed by atoms with E-state index in [1.807, 2.05) is 0 Å². The zero-order valence-corrected chi connectivity index (χ0v) is 11.9. The minimum atomic E-state index is -0.736. The first kappa shape index (κ1) is 17.4. The van der Waals surface area contributed by atoms with Crippen LogP contribution in [-0.4, -0.2) is 17.7 Å². The number of nitrogens with one attached hydrogen (secondary N) is 1. The van der Waals surface area contributed by atoms with Crippen LogP contribution in [-0.2, 0) is 29.0 Å². The summed E-state index contributed by atoms with van der Waals surface area (Å²) in [4.78, 5) is 25.1. The van der Waals surface area contributed by atoms with E-state index in [0.717, 1.165) is 12.2 Å². The van der Waals surface area contributed by atoms with Gasteiger partial charge in [-0.25, -0.2) is 8.78 Å². The van der Waals surface area contributed by atoms with E-state index in [9.17, 15) is 18.4 Å². The molecule has 1 aromatic heterocycles. The number of carbonyl (C=O) groups is 2. The number of pyridine rings is 1. The Kier molecular flexibility index (Phi) is 7.39. The van der Waals surface area contributed by atoms with E-state index in [2.05, 4.69) is 16.9 Å². The van der Waals surface area contributed by atoms with Crippen LogP contribution in [0.3, 0.4) is 0 Å². The van der Waals surface area contributed by atoms with Gasteiger partial charge in [-0.15, -0.1) is 0 Å². The van der Waals surface area contributed by atoms with Gasteiger partial charge in [-0.3, -0.25) is 9.78 Å². The largest absolute Gasteiger partial charge is 0.353 e. The van der Waals surface area contributed by atoms with Crippen LogP contribution in [0.25, 0.3) is 0 Å². The van der Waals surface area contributed by atoms with Crippen LogP contribution in [0.5, 0.6) is 0 Å². The molecule has 0 atom stereocenters. The molecule has 4 nitrogen and oxygen atoms in total. The number of aromatic nitrogens is 1. The lowest BCUT2D eigenvalue weighted by Crippen LogP contribution is -2.14. The molecule has 0 aromatic carbocycles. The molecule has 0 saturated heterocycles. The SMILES string of the molecule is C=C/C=C(F)\C=C(\F)Cc1cnc(CNC=O)c(CC=O)c1. The fourth-order valence-electron chi connectivity index (χ4n) is 1.81. The van der Waals surface area contributed by atoms with Gasteiger partial charge in [-0.1, -0.05) is 18.7 Å². The van der Waals surface area contributed by atoms with Crippen molar-refractivity contribution in [2.24, 2.45) is 0 Å². The van der Waals surface area contributed by atoms with Gasteiger partial charge >= 0.3 is 0 Å². The molecule has 0 fully saturated rings. The second-order valence-electron chi connectivity index (χ2n) is 4.37. The van der Waals surface area contributed by atoms with Crippen molar-refractivity contribution in [1.82, 2.24) is 10.3 Å². The van der Waals surface area contributed by atoms with E-state index in [1.54, 1.807) is 6.07 Å². The third-order valence-electron chi connectivity index (χ3n) is 2.72. The van der Waals surface area contributed by atoms with Crippen LogP contribution >= 0.6 is 0 Å². The molecule has 6 heteroatoms. The smallest absolute Gasteiger partial charge is 0.207 e. The summed E-state index contributed by atoms with van der Waals surface area (Å²) in [6.07, 6.45) is 5.65. The first-order valence-corrected chi connectivity index (χ1v) is 6.52. The maximum atomic E-state index is 13.7. The maximum absolute atomic E-state index is 13.7. The van der Waals surface area contributed by atoms with Crippen LogP contribution in [0.1, 0.15) is 16.8 Å². The summed E-state index contributed by atoms with van der Waals surface area (Å²) in [5.41, 5.74) is 1.63. The van der Waals surface area contributed by atoms with Gasteiger partial charge in [0.05, 0.1) is 12.2 Å². The summed E-state index contributed by atoms with van der Waals surface area (Å²) in [6.45, 7) is 3.50. The highest BCUT2D eigenvalue weighted by molar-refractivity contribution is 5.56. The molecule has 0 saturated carbocycles. The first-order chi connectivity index (χ1) is 10.6. The number of nitrogens with zero attached hydrogens (tertiary/aromatic N) is 1. The van der Waals surface area contributed by atoms with Gasteiger partial charge in [0.2, 0.25) is 6.41 Å². The molecular weight excluding hydrogens is 290 g/mol. The highest BCUT2D eigenvalue weighted by Crippen LogP contribution is 2.15. The molecule has 0 radical (unpaired) electrons. The number of rotatable bonds is 9. The third kappa shape index (κ3) is 5.78. The summed E-state index contributed by atoms with van der Waals surface area (Å²) in [5.74, 6) is -1.41. The van der Waals surface area contributed by atoms with Gasteiger partial charge in [-0.2, -0.15) is 0 Å². The molecule has 0 aliphatic carbocycles. The standard InChI is InChI=1S/C16H16F2N2O2/c1-2-3-14(17)8-15(18)7-12-6-13(4-5-21)16(20-9-12)10-19-11-22/h2-3,5-6,8-9,11H,1,4,7,10H2,(H,19,22)/b14-3+,15-8+. The summed E-state index contributed by atoms with van der Waals surface area (Å²) < 4.78 is 26.8. The number of hydrogen-bond acceptors (Lipinski definition) is 3. The number of hydrogen-bond donors (Lipinski definition) is 1. The van der Waals surface area contributed by atoms with Gasteiger partial charge < -0.3 is 10.1 Å². The second-order valence-corrected chi connectivity index (χ2v) is 4.37. The Morgan fingerprint density at radius 1 is 1.36 bits per heavy atom. The minimum absolute atomic E-state index is 0.104. The highest BCUT2D eigenvalue weighted by atomic mass is 19.1. The van der Waals surface area contributed by atoms with Crippen molar-refractivity contribution in [2.45, 2.75) is 19.4 Å². The Balaban J connectivity index is 2.93. The molecule has 1 rings (SSSR count). The molecule has 0 unspecified atom stereocenters. The topological polar surface area (TPSA) is 59.1 Å². The van der Waals surface area contributed by atoms with Crippen molar-refractivity contribution >= 4 is 12.7 Å². The van der Waals surface area contributed by atoms with Crippen molar-refractivity contribution in [3.63, 3.8) is 0 Å². The van der Waals surface area contributed by atoms with E-state index in [1.165, 1.54) is 12.3 Å². The Bertz CT molecular complexity index is 610. The monoisotopic (exact) mass is 306 g/mol. The Labute approximate surface area is 127 Å². The molecule has 1 N–H and O–H groups in total. The maximum Gasteiger partial charge on any atom is 0.207 e. The zero-order valence-electron chi connectivity index (χ0n) is 11.9. The van der Waals surface area contributed by atoms with E-state index in [-0.39, 0.29) is 19.4 Å². The number of amides is 1. The Morgan fingerprint density at radius 2 is 2.14 bits per heavy atom. The van der Waals surface area contributed by atoms with E-state index in [4.69, 9.17) is 0 Å². The fraction of sp³-hybridized carbons (Fsp3) is 0.188. The van der Waals surface area contributed by atoms with Crippen molar-refractivity contribution < 1.29 is 18.4 Å². The number of allylic oxidation sites excluding steroid dienone is 5. The number of carbonyl (C=O) groups excluding carboxylic acids is 2. The molecule has 1 aromatic rings. The molecule has 1 amide bonds. The van der Waals surface area contributed by atoms with Crippen LogP contribution in [0, 0.1) is 0 Å². The van der Waals surface area contributed by atoms with Crippen LogP contribution in [0.15, 0.2) is 48.7 Å². The van der Waals surface area contributed by atoms with Crippen molar-refractivity contribution in [3.05, 3.63) is 65.5 Å². The summed E-state index contributed by atoms with van der Waals surface area (Å²) >= 11 is 0. The third-order valence-corrected chi connectivity index (χ3v) is 2.72.